The summed E-state index contributed by atoms with van der Waals surface area (Å²) in [4.78, 5) is 42.5. The van der Waals surface area contributed by atoms with E-state index in [1.807, 2.05) is 44.2 Å². The number of nitrogens with one attached hydrogen (secondary N) is 2. The molecule has 180 valence electrons. The van der Waals surface area contributed by atoms with Crippen LogP contribution in [-0.2, 0) is 14.4 Å². The maximum Gasteiger partial charge on any atom is 0.244 e. The minimum Gasteiger partial charge on any atom is -0.396 e. The molecule has 3 aliphatic rings. The van der Waals surface area contributed by atoms with E-state index in [2.05, 4.69) is 17.6 Å². The van der Waals surface area contributed by atoms with Gasteiger partial charge in [-0.25, -0.2) is 0 Å². The lowest BCUT2D eigenvalue weighted by Gasteiger charge is -2.39. The zero-order valence-electron chi connectivity index (χ0n) is 19.6. The van der Waals surface area contributed by atoms with Gasteiger partial charge in [0, 0.05) is 30.1 Å². The quantitative estimate of drug-likeness (QED) is 0.479. The molecule has 1 aromatic rings. The predicted octanol–water partition coefficient (Wildman–Crippen LogP) is 2.65. The number of likely N-dealkylation sites (tertiary alicyclic amines) is 1. The Labute approximate surface area is 200 Å². The summed E-state index contributed by atoms with van der Waals surface area (Å²) in [6.45, 7) is 6.57. The SMILES string of the molecule is CC(C)NC(=O)C1N(CCCCCO)C(=O)[C@@H]2[C@H](C(=O)Nc3ccccc3)[C@@H]3CC(C)C12S3. The number of carbonyl (C=O) groups excluding carboxylic acids is 3. The second-order valence-corrected chi connectivity index (χ2v) is 11.4. The van der Waals surface area contributed by atoms with E-state index in [1.54, 1.807) is 16.7 Å². The topological polar surface area (TPSA) is 98.7 Å². The Morgan fingerprint density at radius 1 is 1.18 bits per heavy atom. The molecule has 3 unspecified atom stereocenters. The zero-order chi connectivity index (χ0) is 23.8. The van der Waals surface area contributed by atoms with Gasteiger partial charge in [0.25, 0.3) is 0 Å². The number of aliphatic hydroxyl groups excluding tert-OH is 1. The first-order chi connectivity index (χ1) is 15.8. The molecule has 1 aromatic carbocycles. The lowest BCUT2D eigenvalue weighted by Crippen LogP contribution is -2.57. The molecular formula is C25H35N3O4S. The molecule has 3 saturated heterocycles. The van der Waals surface area contributed by atoms with Crippen LogP contribution in [0.4, 0.5) is 5.69 Å². The highest BCUT2D eigenvalue weighted by atomic mass is 32.2. The minimum absolute atomic E-state index is 0.0311. The van der Waals surface area contributed by atoms with Crippen molar-refractivity contribution in [3.05, 3.63) is 30.3 Å². The highest BCUT2D eigenvalue weighted by Gasteiger charge is 2.75. The van der Waals surface area contributed by atoms with Crippen LogP contribution in [-0.4, -0.2) is 63.0 Å². The summed E-state index contributed by atoms with van der Waals surface area (Å²) < 4.78 is -0.587. The fourth-order valence-electron chi connectivity index (χ4n) is 6.04. The Bertz CT molecular complexity index is 895. The first-order valence-corrected chi connectivity index (χ1v) is 12.9. The first kappa shape index (κ1) is 24.1. The average Bonchev–Trinajstić information content (AvgIpc) is 3.35. The number of carbonyl (C=O) groups is 3. The molecule has 0 aliphatic carbocycles. The number of rotatable bonds is 9. The van der Waals surface area contributed by atoms with Gasteiger partial charge in [0.2, 0.25) is 17.7 Å². The summed E-state index contributed by atoms with van der Waals surface area (Å²) in [5.74, 6) is -1.11. The number of aliphatic hydroxyl groups is 1. The smallest absolute Gasteiger partial charge is 0.244 e. The Hall–Kier alpha value is -2.06. The number of hydrogen-bond acceptors (Lipinski definition) is 5. The second-order valence-electron chi connectivity index (χ2n) is 9.89. The van der Waals surface area contributed by atoms with Crippen LogP contribution in [0.5, 0.6) is 0 Å². The van der Waals surface area contributed by atoms with E-state index >= 15 is 0 Å². The van der Waals surface area contributed by atoms with Gasteiger partial charge in [0.1, 0.15) is 6.04 Å². The summed E-state index contributed by atoms with van der Waals surface area (Å²) in [5.41, 5.74) is 0.720. The number of hydrogen-bond donors (Lipinski definition) is 3. The second kappa shape index (κ2) is 9.66. The summed E-state index contributed by atoms with van der Waals surface area (Å²) in [7, 11) is 0. The number of benzene rings is 1. The molecule has 1 spiro atoms. The Morgan fingerprint density at radius 2 is 1.91 bits per heavy atom. The lowest BCUT2D eigenvalue weighted by molar-refractivity contribution is -0.139. The van der Waals surface area contributed by atoms with E-state index in [0.29, 0.717) is 13.0 Å². The van der Waals surface area contributed by atoms with Crippen LogP contribution in [0.3, 0.4) is 0 Å². The number of amides is 3. The summed E-state index contributed by atoms with van der Waals surface area (Å²) in [6.07, 6.45) is 3.02. The summed E-state index contributed by atoms with van der Waals surface area (Å²) in [5, 5.41) is 15.2. The Morgan fingerprint density at radius 3 is 2.58 bits per heavy atom. The minimum atomic E-state index is -0.587. The number of fused-ring (bicyclic) bond motifs is 1. The Balaban J connectivity index is 1.65. The maximum atomic E-state index is 13.9. The summed E-state index contributed by atoms with van der Waals surface area (Å²) >= 11 is 1.70. The van der Waals surface area contributed by atoms with Crippen molar-refractivity contribution < 1.29 is 19.5 Å². The molecule has 3 amide bonds. The van der Waals surface area contributed by atoms with Crippen LogP contribution < -0.4 is 10.6 Å². The van der Waals surface area contributed by atoms with Crippen LogP contribution >= 0.6 is 11.8 Å². The monoisotopic (exact) mass is 473 g/mol. The standard InChI is InChI=1S/C25H35N3O4S/c1-15(2)26-23(31)21-25-16(3)14-18(33-25)19(22(30)27-17-10-6-4-7-11-17)20(25)24(32)28(21)12-8-5-9-13-29/h4,6-7,10-11,15-16,18-21,29H,5,8-9,12-14H2,1-3H3,(H,26,31)(H,27,30)/t16?,18-,19+,20-,21?,25?/m0/s1. The molecule has 4 rings (SSSR count). The van der Waals surface area contributed by atoms with Gasteiger partial charge in [-0.05, 0) is 57.6 Å². The Kier molecular flexibility index (Phi) is 7.05. The third-order valence-corrected chi connectivity index (χ3v) is 9.40. The molecule has 0 saturated carbocycles. The van der Waals surface area contributed by atoms with E-state index in [0.717, 1.165) is 24.9 Å². The van der Waals surface area contributed by atoms with E-state index in [4.69, 9.17) is 5.11 Å². The zero-order valence-corrected chi connectivity index (χ0v) is 20.4. The van der Waals surface area contributed by atoms with Crippen molar-refractivity contribution in [3.8, 4) is 0 Å². The highest BCUT2D eigenvalue weighted by Crippen LogP contribution is 2.68. The molecule has 3 fully saturated rings. The van der Waals surface area contributed by atoms with E-state index in [1.165, 1.54) is 0 Å². The van der Waals surface area contributed by atoms with Gasteiger partial charge in [0.05, 0.1) is 16.6 Å². The molecular weight excluding hydrogens is 438 g/mol. The van der Waals surface area contributed by atoms with Gasteiger partial charge < -0.3 is 20.6 Å². The molecule has 3 N–H and O–H groups in total. The molecule has 6 atom stereocenters. The van der Waals surface area contributed by atoms with Crippen LogP contribution in [0.2, 0.25) is 0 Å². The molecule has 3 heterocycles. The van der Waals surface area contributed by atoms with Gasteiger partial charge in [-0.3, -0.25) is 14.4 Å². The number of anilines is 1. The van der Waals surface area contributed by atoms with Crippen LogP contribution in [0.15, 0.2) is 30.3 Å². The maximum absolute atomic E-state index is 13.9. The molecule has 8 heteroatoms. The van der Waals surface area contributed by atoms with E-state index in [-0.39, 0.29) is 41.5 Å². The molecule has 33 heavy (non-hydrogen) atoms. The van der Waals surface area contributed by atoms with Gasteiger partial charge in [-0.1, -0.05) is 25.1 Å². The van der Waals surface area contributed by atoms with Crippen molar-refractivity contribution in [2.75, 3.05) is 18.5 Å². The van der Waals surface area contributed by atoms with Crippen molar-refractivity contribution in [2.24, 2.45) is 17.8 Å². The fraction of sp³-hybridized carbons (Fsp3) is 0.640. The highest BCUT2D eigenvalue weighted by molar-refractivity contribution is 8.02. The van der Waals surface area contributed by atoms with E-state index < -0.39 is 22.6 Å². The first-order valence-electron chi connectivity index (χ1n) is 12.1. The number of nitrogens with zero attached hydrogens (tertiary/aromatic N) is 1. The number of thioether (sulfide) groups is 1. The third kappa shape index (κ3) is 4.16. The predicted molar refractivity (Wildman–Crippen MR) is 130 cm³/mol. The van der Waals surface area contributed by atoms with Crippen molar-refractivity contribution in [1.82, 2.24) is 10.2 Å². The normalized spacial score (nSPS) is 32.3. The average molecular weight is 474 g/mol. The van der Waals surface area contributed by atoms with E-state index in [9.17, 15) is 14.4 Å². The van der Waals surface area contributed by atoms with Gasteiger partial charge in [-0.2, -0.15) is 0 Å². The summed E-state index contributed by atoms with van der Waals surface area (Å²) in [6, 6.07) is 8.72. The lowest BCUT2D eigenvalue weighted by atomic mass is 9.66. The fourth-order valence-corrected chi connectivity index (χ4v) is 8.46. The van der Waals surface area contributed by atoms with Crippen molar-refractivity contribution in [3.63, 3.8) is 0 Å². The molecule has 7 nitrogen and oxygen atoms in total. The van der Waals surface area contributed by atoms with Crippen LogP contribution in [0.1, 0.15) is 46.5 Å². The van der Waals surface area contributed by atoms with Crippen molar-refractivity contribution in [1.29, 1.82) is 0 Å². The van der Waals surface area contributed by atoms with Crippen molar-refractivity contribution in [2.45, 2.75) is 68.5 Å². The largest absolute Gasteiger partial charge is 0.396 e. The number of unbranched alkanes of at least 4 members (excludes halogenated alkanes) is 2. The van der Waals surface area contributed by atoms with Gasteiger partial charge in [-0.15, -0.1) is 11.8 Å². The third-order valence-electron chi connectivity index (χ3n) is 7.33. The van der Waals surface area contributed by atoms with Crippen LogP contribution in [0.25, 0.3) is 0 Å². The molecule has 0 aromatic heterocycles. The molecule has 0 radical (unpaired) electrons. The van der Waals surface area contributed by atoms with Crippen molar-refractivity contribution >= 4 is 35.2 Å². The van der Waals surface area contributed by atoms with Crippen LogP contribution in [0, 0.1) is 17.8 Å². The number of para-hydroxylation sites is 1. The van der Waals surface area contributed by atoms with Gasteiger partial charge in [0.15, 0.2) is 0 Å². The molecule has 2 bridgehead atoms. The molecule has 3 aliphatic heterocycles. The van der Waals surface area contributed by atoms with Gasteiger partial charge >= 0.3 is 0 Å².